The molecule has 1 amide bonds. The Morgan fingerprint density at radius 2 is 1.88 bits per heavy atom. The average Bonchev–Trinajstić information content (AvgIpc) is 2.58. The Hall–Kier alpha value is -2.29. The van der Waals surface area contributed by atoms with Crippen LogP contribution in [0.4, 0.5) is 0 Å². The number of benzene rings is 2. The number of amides is 1. The first-order chi connectivity index (χ1) is 11.6. The molecular weight excluding hydrogens is 298 g/mol. The number of carbonyl (C=O) groups excluding carboxylic acids is 1. The van der Waals surface area contributed by atoms with E-state index in [0.29, 0.717) is 6.42 Å². The standard InChI is InChI=1S/C21H27NO2/c1-4-20(24-19-12-8-9-16(2)15-19)21(23)22-17(3)13-14-18-10-6-5-7-11-18/h5-12,15,17,20H,4,13-14H2,1-3H3,(H,22,23)/t17-,20-/m1/s1. The summed E-state index contributed by atoms with van der Waals surface area (Å²) in [5.41, 5.74) is 2.42. The van der Waals surface area contributed by atoms with Gasteiger partial charge < -0.3 is 10.1 Å². The maximum absolute atomic E-state index is 12.4. The van der Waals surface area contributed by atoms with Gasteiger partial charge in [0, 0.05) is 6.04 Å². The van der Waals surface area contributed by atoms with E-state index in [2.05, 4.69) is 17.4 Å². The molecule has 0 radical (unpaired) electrons. The average molecular weight is 325 g/mol. The van der Waals surface area contributed by atoms with Crippen LogP contribution >= 0.6 is 0 Å². The van der Waals surface area contributed by atoms with Gasteiger partial charge in [-0.2, -0.15) is 0 Å². The van der Waals surface area contributed by atoms with E-state index in [9.17, 15) is 4.79 Å². The van der Waals surface area contributed by atoms with Crippen LogP contribution in [-0.4, -0.2) is 18.1 Å². The minimum atomic E-state index is -0.453. The van der Waals surface area contributed by atoms with Crippen molar-refractivity contribution >= 4 is 5.91 Å². The Balaban J connectivity index is 1.84. The lowest BCUT2D eigenvalue weighted by atomic mass is 10.1. The zero-order valence-electron chi connectivity index (χ0n) is 14.8. The van der Waals surface area contributed by atoms with E-state index in [-0.39, 0.29) is 11.9 Å². The van der Waals surface area contributed by atoms with Gasteiger partial charge in [0.05, 0.1) is 0 Å². The van der Waals surface area contributed by atoms with Gasteiger partial charge in [-0.05, 0) is 56.4 Å². The van der Waals surface area contributed by atoms with E-state index in [1.165, 1.54) is 5.56 Å². The van der Waals surface area contributed by atoms with Crippen molar-refractivity contribution in [3.05, 3.63) is 65.7 Å². The quantitative estimate of drug-likeness (QED) is 0.786. The van der Waals surface area contributed by atoms with E-state index < -0.39 is 6.10 Å². The van der Waals surface area contributed by atoms with E-state index in [1.807, 2.05) is 63.2 Å². The fourth-order valence-electron chi connectivity index (χ4n) is 2.61. The molecule has 0 heterocycles. The number of nitrogens with one attached hydrogen (secondary N) is 1. The molecule has 1 N–H and O–H groups in total. The summed E-state index contributed by atoms with van der Waals surface area (Å²) >= 11 is 0. The first kappa shape index (κ1) is 18.1. The van der Waals surface area contributed by atoms with Crippen molar-refractivity contribution in [3.8, 4) is 5.75 Å². The topological polar surface area (TPSA) is 38.3 Å². The van der Waals surface area contributed by atoms with E-state index >= 15 is 0 Å². The molecule has 2 rings (SSSR count). The maximum atomic E-state index is 12.4. The van der Waals surface area contributed by atoms with Gasteiger partial charge in [-0.25, -0.2) is 0 Å². The lowest BCUT2D eigenvalue weighted by Crippen LogP contribution is -2.42. The van der Waals surface area contributed by atoms with Crippen molar-refractivity contribution in [1.82, 2.24) is 5.32 Å². The fourth-order valence-corrected chi connectivity index (χ4v) is 2.61. The normalized spacial score (nSPS) is 13.1. The first-order valence-corrected chi connectivity index (χ1v) is 8.66. The van der Waals surface area contributed by atoms with Gasteiger partial charge in [-0.3, -0.25) is 4.79 Å². The predicted molar refractivity (Wildman–Crippen MR) is 98.3 cm³/mol. The molecule has 0 unspecified atom stereocenters. The third-order valence-electron chi connectivity index (χ3n) is 4.03. The zero-order valence-corrected chi connectivity index (χ0v) is 14.8. The molecule has 3 heteroatoms. The second-order valence-corrected chi connectivity index (χ2v) is 6.27. The molecule has 0 spiro atoms. The highest BCUT2D eigenvalue weighted by Gasteiger charge is 2.20. The molecule has 0 fully saturated rings. The lowest BCUT2D eigenvalue weighted by Gasteiger charge is -2.20. The summed E-state index contributed by atoms with van der Waals surface area (Å²) in [5, 5.41) is 3.07. The van der Waals surface area contributed by atoms with Crippen LogP contribution in [0.15, 0.2) is 54.6 Å². The second-order valence-electron chi connectivity index (χ2n) is 6.27. The van der Waals surface area contributed by atoms with Crippen LogP contribution in [0, 0.1) is 6.92 Å². The van der Waals surface area contributed by atoms with Crippen LogP contribution in [0.2, 0.25) is 0 Å². The van der Waals surface area contributed by atoms with Gasteiger partial charge >= 0.3 is 0 Å². The van der Waals surface area contributed by atoms with Gasteiger partial charge in [0.1, 0.15) is 5.75 Å². The molecule has 0 saturated carbocycles. The van der Waals surface area contributed by atoms with E-state index in [1.54, 1.807) is 0 Å². The Bertz CT molecular complexity index is 639. The molecule has 0 aliphatic rings. The molecule has 2 atom stereocenters. The molecule has 128 valence electrons. The van der Waals surface area contributed by atoms with Crippen LogP contribution < -0.4 is 10.1 Å². The van der Waals surface area contributed by atoms with Crippen molar-refractivity contribution in [1.29, 1.82) is 0 Å². The molecule has 3 nitrogen and oxygen atoms in total. The van der Waals surface area contributed by atoms with Gasteiger partial charge in [0.15, 0.2) is 6.10 Å². The fraction of sp³-hybridized carbons (Fsp3) is 0.381. The molecule has 0 aliphatic carbocycles. The molecule has 24 heavy (non-hydrogen) atoms. The third kappa shape index (κ3) is 5.73. The molecule has 0 aliphatic heterocycles. The largest absolute Gasteiger partial charge is 0.481 e. The van der Waals surface area contributed by atoms with Crippen LogP contribution in [0.25, 0.3) is 0 Å². The van der Waals surface area contributed by atoms with Crippen LogP contribution in [0.5, 0.6) is 5.75 Å². The maximum Gasteiger partial charge on any atom is 0.261 e. The Morgan fingerprint density at radius 1 is 1.12 bits per heavy atom. The van der Waals surface area contributed by atoms with Crippen molar-refractivity contribution in [2.45, 2.75) is 52.2 Å². The smallest absolute Gasteiger partial charge is 0.261 e. The highest BCUT2D eigenvalue weighted by atomic mass is 16.5. The zero-order chi connectivity index (χ0) is 17.4. The number of ether oxygens (including phenoxy) is 1. The first-order valence-electron chi connectivity index (χ1n) is 8.66. The van der Waals surface area contributed by atoms with Gasteiger partial charge in [0.25, 0.3) is 5.91 Å². The SMILES string of the molecule is CC[C@@H](Oc1cccc(C)c1)C(=O)N[C@H](C)CCc1ccccc1. The monoisotopic (exact) mass is 325 g/mol. The van der Waals surface area contributed by atoms with Crippen LogP contribution in [0.1, 0.15) is 37.8 Å². The second kappa shape index (κ2) is 9.11. The van der Waals surface area contributed by atoms with Crippen molar-refractivity contribution in [2.75, 3.05) is 0 Å². The van der Waals surface area contributed by atoms with E-state index in [0.717, 1.165) is 24.2 Å². The van der Waals surface area contributed by atoms with Gasteiger partial charge in [0.2, 0.25) is 0 Å². The molecule has 0 saturated heterocycles. The number of aryl methyl sites for hydroxylation is 2. The summed E-state index contributed by atoms with van der Waals surface area (Å²) in [7, 11) is 0. The van der Waals surface area contributed by atoms with Gasteiger partial charge in [-0.1, -0.05) is 49.4 Å². The summed E-state index contributed by atoms with van der Waals surface area (Å²) in [5.74, 6) is 0.702. The molecule has 0 bridgehead atoms. The molecule has 2 aromatic carbocycles. The van der Waals surface area contributed by atoms with Crippen molar-refractivity contribution < 1.29 is 9.53 Å². The Labute approximate surface area is 145 Å². The number of hydrogen-bond acceptors (Lipinski definition) is 2. The van der Waals surface area contributed by atoms with Crippen LogP contribution in [0.3, 0.4) is 0 Å². The minimum absolute atomic E-state index is 0.0421. The Kier molecular flexibility index (Phi) is 6.86. The van der Waals surface area contributed by atoms with Crippen LogP contribution in [-0.2, 0) is 11.2 Å². The number of rotatable bonds is 8. The molecule has 2 aromatic rings. The molecular formula is C21H27NO2. The number of carbonyl (C=O) groups is 1. The summed E-state index contributed by atoms with van der Waals surface area (Å²) in [6.07, 6.45) is 2.06. The van der Waals surface area contributed by atoms with Crippen molar-refractivity contribution in [2.24, 2.45) is 0 Å². The third-order valence-corrected chi connectivity index (χ3v) is 4.03. The van der Waals surface area contributed by atoms with E-state index in [4.69, 9.17) is 4.74 Å². The summed E-state index contributed by atoms with van der Waals surface area (Å²) in [4.78, 5) is 12.4. The number of hydrogen-bond donors (Lipinski definition) is 1. The van der Waals surface area contributed by atoms with Gasteiger partial charge in [-0.15, -0.1) is 0 Å². The Morgan fingerprint density at radius 3 is 2.54 bits per heavy atom. The summed E-state index contributed by atoms with van der Waals surface area (Å²) in [6, 6.07) is 18.3. The molecule has 0 aromatic heterocycles. The lowest BCUT2D eigenvalue weighted by molar-refractivity contribution is -0.128. The predicted octanol–water partition coefficient (Wildman–Crippen LogP) is 4.29. The van der Waals surface area contributed by atoms with Crippen molar-refractivity contribution in [3.63, 3.8) is 0 Å². The summed E-state index contributed by atoms with van der Waals surface area (Å²) in [6.45, 7) is 6.02. The summed E-state index contributed by atoms with van der Waals surface area (Å²) < 4.78 is 5.86. The minimum Gasteiger partial charge on any atom is -0.481 e. The highest BCUT2D eigenvalue weighted by Crippen LogP contribution is 2.15. The highest BCUT2D eigenvalue weighted by molar-refractivity contribution is 5.81.